The molecule has 0 spiro atoms. The van der Waals surface area contributed by atoms with Gasteiger partial charge in [-0.2, -0.15) is 5.10 Å². The molecule has 0 amide bonds. The molecule has 0 aliphatic carbocycles. The van der Waals surface area contributed by atoms with Crippen LogP contribution in [0, 0.1) is 12.7 Å². The second kappa shape index (κ2) is 4.17. The Bertz CT molecular complexity index is 719. The van der Waals surface area contributed by atoms with E-state index < -0.39 is 0 Å². The van der Waals surface area contributed by atoms with Gasteiger partial charge in [0.15, 0.2) is 5.65 Å². The van der Waals surface area contributed by atoms with Crippen molar-refractivity contribution in [2.75, 3.05) is 0 Å². The Hall–Kier alpha value is -1.75. The largest absolute Gasteiger partial charge is 0.231 e. The van der Waals surface area contributed by atoms with Crippen molar-refractivity contribution >= 4 is 21.6 Å². The van der Waals surface area contributed by atoms with E-state index in [0.29, 0.717) is 0 Å². The van der Waals surface area contributed by atoms with Gasteiger partial charge in [0.1, 0.15) is 10.4 Å². The van der Waals surface area contributed by atoms with Crippen molar-refractivity contribution in [2.45, 2.75) is 6.92 Å². The lowest BCUT2D eigenvalue weighted by Crippen LogP contribution is -1.94. The molecule has 90 valence electrons. The molecule has 0 aliphatic rings. The van der Waals surface area contributed by atoms with Crippen LogP contribution < -0.4 is 0 Å². The molecule has 0 radical (unpaired) electrons. The van der Waals surface area contributed by atoms with Gasteiger partial charge in [0.2, 0.25) is 0 Å². The third-order valence-corrected chi connectivity index (χ3v) is 3.63. The van der Waals surface area contributed by atoms with Crippen LogP contribution in [0.5, 0.6) is 0 Å². The van der Waals surface area contributed by atoms with Crippen molar-refractivity contribution in [3.63, 3.8) is 0 Å². The normalized spacial score (nSPS) is 11.1. The van der Waals surface area contributed by atoms with E-state index in [0.717, 1.165) is 27.2 Å². The molecule has 0 aliphatic heterocycles. The summed E-state index contributed by atoms with van der Waals surface area (Å²) < 4.78 is 15.4. The van der Waals surface area contributed by atoms with E-state index in [4.69, 9.17) is 0 Å². The molecule has 0 saturated heterocycles. The van der Waals surface area contributed by atoms with Crippen LogP contribution >= 0.6 is 15.9 Å². The van der Waals surface area contributed by atoms with Crippen LogP contribution in [-0.2, 0) is 0 Å². The average molecular weight is 306 g/mol. The number of rotatable bonds is 1. The summed E-state index contributed by atoms with van der Waals surface area (Å²) >= 11 is 3.45. The molecule has 18 heavy (non-hydrogen) atoms. The molecular weight excluding hydrogens is 297 g/mol. The van der Waals surface area contributed by atoms with Crippen molar-refractivity contribution in [3.05, 3.63) is 52.5 Å². The maximum Gasteiger partial charge on any atom is 0.155 e. The zero-order chi connectivity index (χ0) is 12.7. The molecule has 3 aromatic rings. The van der Waals surface area contributed by atoms with Crippen LogP contribution in [0.3, 0.4) is 0 Å². The standard InChI is InChI=1S/C13H9BrFN3/c1-8-13(14)18-12(16-8)7-6-11(17-18)9-2-4-10(15)5-3-9/h2-7H,1H3. The van der Waals surface area contributed by atoms with Crippen molar-refractivity contribution in [1.29, 1.82) is 0 Å². The van der Waals surface area contributed by atoms with Gasteiger partial charge >= 0.3 is 0 Å². The molecule has 0 unspecified atom stereocenters. The molecule has 0 bridgehead atoms. The van der Waals surface area contributed by atoms with Gasteiger partial charge in [-0.15, -0.1) is 0 Å². The zero-order valence-electron chi connectivity index (χ0n) is 9.56. The number of nitrogens with zero attached hydrogens (tertiary/aromatic N) is 3. The molecule has 5 heteroatoms. The van der Waals surface area contributed by atoms with Gasteiger partial charge in [0.05, 0.1) is 11.4 Å². The number of benzene rings is 1. The number of aryl methyl sites for hydroxylation is 1. The number of hydrogen-bond donors (Lipinski definition) is 0. The maximum absolute atomic E-state index is 12.9. The molecule has 0 N–H and O–H groups in total. The molecule has 0 fully saturated rings. The van der Waals surface area contributed by atoms with Crippen LogP contribution in [0.1, 0.15) is 5.69 Å². The predicted octanol–water partition coefficient (Wildman–Crippen LogP) is 3.61. The van der Waals surface area contributed by atoms with Crippen molar-refractivity contribution in [1.82, 2.24) is 14.6 Å². The minimum atomic E-state index is -0.250. The molecule has 0 atom stereocenters. The highest BCUT2D eigenvalue weighted by atomic mass is 79.9. The highest BCUT2D eigenvalue weighted by Crippen LogP contribution is 2.21. The van der Waals surface area contributed by atoms with Crippen molar-refractivity contribution in [3.8, 4) is 11.3 Å². The Morgan fingerprint density at radius 2 is 1.83 bits per heavy atom. The smallest absolute Gasteiger partial charge is 0.155 e. The first-order valence-corrected chi connectivity index (χ1v) is 6.22. The van der Waals surface area contributed by atoms with E-state index in [-0.39, 0.29) is 5.82 Å². The highest BCUT2D eigenvalue weighted by Gasteiger charge is 2.08. The number of halogens is 2. The molecule has 2 aromatic heterocycles. The molecule has 3 nitrogen and oxygen atoms in total. The van der Waals surface area contributed by atoms with Gasteiger partial charge in [0.25, 0.3) is 0 Å². The Kier molecular flexibility index (Phi) is 2.63. The van der Waals surface area contributed by atoms with Crippen LogP contribution in [0.15, 0.2) is 41.0 Å². The van der Waals surface area contributed by atoms with Gasteiger partial charge in [0, 0.05) is 5.56 Å². The van der Waals surface area contributed by atoms with Gasteiger partial charge in [-0.25, -0.2) is 13.9 Å². The van der Waals surface area contributed by atoms with Gasteiger partial charge in [-0.05, 0) is 59.3 Å². The summed E-state index contributed by atoms with van der Waals surface area (Å²) in [7, 11) is 0. The van der Waals surface area contributed by atoms with Crippen LogP contribution in [0.2, 0.25) is 0 Å². The topological polar surface area (TPSA) is 30.2 Å². The fourth-order valence-electron chi connectivity index (χ4n) is 1.79. The van der Waals surface area contributed by atoms with E-state index in [1.54, 1.807) is 16.6 Å². The fraction of sp³-hybridized carbons (Fsp3) is 0.0769. The number of imidazole rings is 1. The summed E-state index contributed by atoms with van der Waals surface area (Å²) in [4.78, 5) is 4.36. The highest BCUT2D eigenvalue weighted by molar-refractivity contribution is 9.10. The second-order valence-corrected chi connectivity index (χ2v) is 4.73. The second-order valence-electron chi connectivity index (χ2n) is 3.98. The van der Waals surface area contributed by atoms with Crippen molar-refractivity contribution < 1.29 is 4.39 Å². The van der Waals surface area contributed by atoms with Crippen LogP contribution in [0.4, 0.5) is 4.39 Å². The Morgan fingerprint density at radius 3 is 2.56 bits per heavy atom. The minimum absolute atomic E-state index is 0.250. The summed E-state index contributed by atoms with van der Waals surface area (Å²) in [5.74, 6) is -0.250. The maximum atomic E-state index is 12.9. The molecule has 2 heterocycles. The Labute approximate surface area is 111 Å². The predicted molar refractivity (Wildman–Crippen MR) is 70.8 cm³/mol. The van der Waals surface area contributed by atoms with E-state index >= 15 is 0 Å². The van der Waals surface area contributed by atoms with Crippen LogP contribution in [-0.4, -0.2) is 14.6 Å². The summed E-state index contributed by atoms with van der Waals surface area (Å²) in [6.45, 7) is 1.91. The zero-order valence-corrected chi connectivity index (χ0v) is 11.1. The van der Waals surface area contributed by atoms with E-state index in [1.165, 1.54) is 12.1 Å². The average Bonchev–Trinajstić information content (AvgIpc) is 2.66. The number of hydrogen-bond acceptors (Lipinski definition) is 2. The van der Waals surface area contributed by atoms with E-state index in [1.807, 2.05) is 19.1 Å². The summed E-state index contributed by atoms with van der Waals surface area (Å²) in [5.41, 5.74) is 3.32. The Balaban J connectivity index is 2.18. The summed E-state index contributed by atoms with van der Waals surface area (Å²) in [6, 6.07) is 10.0. The quantitative estimate of drug-likeness (QED) is 0.687. The molecule has 1 aromatic carbocycles. The lowest BCUT2D eigenvalue weighted by molar-refractivity contribution is 0.628. The first kappa shape index (κ1) is 11.3. The molecular formula is C13H9BrFN3. The Morgan fingerprint density at radius 1 is 1.11 bits per heavy atom. The van der Waals surface area contributed by atoms with E-state index in [9.17, 15) is 4.39 Å². The fourth-order valence-corrected chi connectivity index (χ4v) is 2.14. The van der Waals surface area contributed by atoms with Gasteiger partial charge < -0.3 is 0 Å². The first-order valence-electron chi connectivity index (χ1n) is 5.43. The third-order valence-electron chi connectivity index (χ3n) is 2.72. The third kappa shape index (κ3) is 1.80. The van der Waals surface area contributed by atoms with Crippen LogP contribution in [0.25, 0.3) is 16.9 Å². The van der Waals surface area contributed by atoms with Gasteiger partial charge in [-0.1, -0.05) is 0 Å². The molecule has 0 saturated carbocycles. The monoisotopic (exact) mass is 305 g/mol. The first-order chi connectivity index (χ1) is 8.65. The molecule has 3 rings (SSSR count). The van der Waals surface area contributed by atoms with E-state index in [2.05, 4.69) is 26.0 Å². The number of aromatic nitrogens is 3. The lowest BCUT2D eigenvalue weighted by Gasteiger charge is -2.02. The minimum Gasteiger partial charge on any atom is -0.231 e. The van der Waals surface area contributed by atoms with Gasteiger partial charge in [-0.3, -0.25) is 0 Å². The lowest BCUT2D eigenvalue weighted by atomic mass is 10.1. The summed E-state index contributed by atoms with van der Waals surface area (Å²) in [6.07, 6.45) is 0. The summed E-state index contributed by atoms with van der Waals surface area (Å²) in [5, 5.41) is 4.48. The number of fused-ring (bicyclic) bond motifs is 1. The SMILES string of the molecule is Cc1nc2ccc(-c3ccc(F)cc3)nn2c1Br. The van der Waals surface area contributed by atoms with Crippen molar-refractivity contribution in [2.24, 2.45) is 0 Å².